The molecule has 0 spiro atoms. The molecule has 2 aromatic rings. The van der Waals surface area contributed by atoms with Crippen molar-refractivity contribution in [2.75, 3.05) is 0 Å². The number of nitro benzene ring substituents is 1. The molecule has 1 atom stereocenters. The molecule has 0 saturated heterocycles. The van der Waals surface area contributed by atoms with Crippen LogP contribution in [0.5, 0.6) is 0 Å². The maximum atomic E-state index is 13.3. The number of Topliss-reactive ketones (excluding diaryl/α,β-unsaturated/α-hetero) is 2. The Kier molecular flexibility index (Phi) is 4.72. The van der Waals surface area contributed by atoms with Gasteiger partial charge in [-0.05, 0) is 12.0 Å². The average molecular weight is 390 g/mol. The van der Waals surface area contributed by atoms with Gasteiger partial charge in [0.2, 0.25) is 0 Å². The summed E-state index contributed by atoms with van der Waals surface area (Å²) in [6.45, 7) is 0. The Balaban J connectivity index is 1.91. The fourth-order valence-corrected chi connectivity index (χ4v) is 3.88. The predicted octanol–water partition coefficient (Wildman–Crippen LogP) is 3.77. The molecule has 1 aliphatic carbocycles. The Morgan fingerprint density at radius 2 is 1.86 bits per heavy atom. The van der Waals surface area contributed by atoms with E-state index in [2.05, 4.69) is 0 Å². The number of nitrogens with zero attached hydrogens (tertiary/aromatic N) is 1. The number of non-ortho nitro benzene ring substituents is 1. The van der Waals surface area contributed by atoms with E-state index < -0.39 is 10.8 Å². The molecule has 1 heterocycles. The number of carbonyl (C=O) groups is 2. The molecule has 7 nitrogen and oxygen atoms in total. The second kappa shape index (κ2) is 7.35. The van der Waals surface area contributed by atoms with Crippen molar-refractivity contribution in [2.24, 2.45) is 5.73 Å². The van der Waals surface area contributed by atoms with Crippen molar-refractivity contribution in [1.29, 1.82) is 0 Å². The number of benzene rings is 2. The maximum Gasteiger partial charge on any atom is 0.269 e. The van der Waals surface area contributed by atoms with Crippen LogP contribution in [-0.2, 0) is 9.53 Å². The van der Waals surface area contributed by atoms with Crippen molar-refractivity contribution in [2.45, 2.75) is 25.2 Å². The molecular formula is C22H18N2O5. The number of rotatable bonds is 4. The fraction of sp³-hybridized carbons (Fsp3) is 0.182. The van der Waals surface area contributed by atoms with Crippen molar-refractivity contribution >= 4 is 17.3 Å². The van der Waals surface area contributed by atoms with E-state index in [1.165, 1.54) is 18.2 Å². The second-order valence-corrected chi connectivity index (χ2v) is 6.97. The summed E-state index contributed by atoms with van der Waals surface area (Å²) in [4.78, 5) is 36.9. The van der Waals surface area contributed by atoms with Gasteiger partial charge in [-0.15, -0.1) is 0 Å². The third kappa shape index (κ3) is 3.31. The number of nitro groups is 1. The van der Waals surface area contributed by atoms with Crippen LogP contribution in [0.15, 0.2) is 77.4 Å². The van der Waals surface area contributed by atoms with Crippen LogP contribution in [0.2, 0.25) is 0 Å². The Morgan fingerprint density at radius 1 is 1.10 bits per heavy atom. The predicted molar refractivity (Wildman–Crippen MR) is 105 cm³/mol. The monoisotopic (exact) mass is 390 g/mol. The number of ketones is 2. The van der Waals surface area contributed by atoms with Crippen molar-refractivity contribution in [3.63, 3.8) is 0 Å². The quantitative estimate of drug-likeness (QED) is 0.483. The first-order valence-corrected chi connectivity index (χ1v) is 9.25. The number of carbonyl (C=O) groups excluding carboxylic acids is 2. The van der Waals surface area contributed by atoms with E-state index in [9.17, 15) is 19.7 Å². The lowest BCUT2D eigenvalue weighted by atomic mass is 9.75. The smallest absolute Gasteiger partial charge is 0.269 e. The lowest BCUT2D eigenvalue weighted by Crippen LogP contribution is -2.30. The first-order chi connectivity index (χ1) is 14.0. The number of allylic oxidation sites excluding steroid dienone is 3. The van der Waals surface area contributed by atoms with E-state index in [0.29, 0.717) is 41.7 Å². The van der Waals surface area contributed by atoms with E-state index in [1.807, 2.05) is 0 Å². The van der Waals surface area contributed by atoms with Gasteiger partial charge in [0.05, 0.1) is 16.4 Å². The Labute approximate surface area is 166 Å². The average Bonchev–Trinajstić information content (AvgIpc) is 2.73. The van der Waals surface area contributed by atoms with Gasteiger partial charge >= 0.3 is 0 Å². The van der Waals surface area contributed by atoms with Gasteiger partial charge in [0.25, 0.3) is 5.69 Å². The van der Waals surface area contributed by atoms with Crippen LogP contribution >= 0.6 is 0 Å². The molecule has 0 amide bonds. The number of nitrogens with two attached hydrogens (primary N) is 1. The number of hydrogen-bond acceptors (Lipinski definition) is 6. The molecule has 0 bridgehead atoms. The van der Waals surface area contributed by atoms with Gasteiger partial charge in [0.15, 0.2) is 17.4 Å². The Bertz CT molecular complexity index is 1090. The normalized spacial score (nSPS) is 18.9. The molecule has 4 rings (SSSR count). The summed E-state index contributed by atoms with van der Waals surface area (Å²) in [5.41, 5.74) is 7.39. The van der Waals surface area contributed by atoms with Gasteiger partial charge in [-0.25, -0.2) is 0 Å². The maximum absolute atomic E-state index is 13.3. The van der Waals surface area contributed by atoms with E-state index in [4.69, 9.17) is 10.5 Å². The zero-order chi connectivity index (χ0) is 20.5. The summed E-state index contributed by atoms with van der Waals surface area (Å²) in [6, 6.07) is 14.5. The summed E-state index contributed by atoms with van der Waals surface area (Å²) in [6.07, 6.45) is 1.49. The highest BCUT2D eigenvalue weighted by atomic mass is 16.6. The molecule has 29 heavy (non-hydrogen) atoms. The highest BCUT2D eigenvalue weighted by Gasteiger charge is 2.41. The SMILES string of the molecule is NC1=C(C(=O)c2ccccc2)[C@@H](c2cccc([N+](=O)[O-])c2)C2=C(CCCC2=O)O1. The highest BCUT2D eigenvalue weighted by Crippen LogP contribution is 2.45. The zero-order valence-electron chi connectivity index (χ0n) is 15.5. The molecule has 0 fully saturated rings. The first-order valence-electron chi connectivity index (χ1n) is 9.25. The van der Waals surface area contributed by atoms with Gasteiger partial charge in [0, 0.05) is 36.1 Å². The molecule has 146 valence electrons. The van der Waals surface area contributed by atoms with Crippen molar-refractivity contribution < 1.29 is 19.2 Å². The van der Waals surface area contributed by atoms with E-state index in [-0.39, 0.29) is 28.7 Å². The number of hydrogen-bond donors (Lipinski definition) is 1. The van der Waals surface area contributed by atoms with Crippen molar-refractivity contribution in [1.82, 2.24) is 0 Å². The van der Waals surface area contributed by atoms with Gasteiger partial charge in [-0.2, -0.15) is 0 Å². The first kappa shape index (κ1) is 18.6. The second-order valence-electron chi connectivity index (χ2n) is 6.97. The Hall–Kier alpha value is -3.74. The van der Waals surface area contributed by atoms with Crippen LogP contribution < -0.4 is 5.73 Å². The highest BCUT2D eigenvalue weighted by molar-refractivity contribution is 6.12. The minimum absolute atomic E-state index is 0.0659. The van der Waals surface area contributed by atoms with Crippen LogP contribution in [0.4, 0.5) is 5.69 Å². The molecule has 0 saturated carbocycles. The molecular weight excluding hydrogens is 372 g/mol. The topological polar surface area (TPSA) is 113 Å². The largest absolute Gasteiger partial charge is 0.445 e. The van der Waals surface area contributed by atoms with Crippen LogP contribution in [0.3, 0.4) is 0 Å². The minimum Gasteiger partial charge on any atom is -0.445 e. The van der Waals surface area contributed by atoms with Gasteiger partial charge in [-0.1, -0.05) is 42.5 Å². The molecule has 0 radical (unpaired) electrons. The van der Waals surface area contributed by atoms with E-state index >= 15 is 0 Å². The summed E-state index contributed by atoms with van der Waals surface area (Å²) in [5.74, 6) is -0.930. The van der Waals surface area contributed by atoms with Crippen LogP contribution in [-0.4, -0.2) is 16.5 Å². The summed E-state index contributed by atoms with van der Waals surface area (Å²) in [5, 5.41) is 11.3. The minimum atomic E-state index is -0.806. The van der Waals surface area contributed by atoms with Crippen LogP contribution in [0, 0.1) is 10.1 Å². The van der Waals surface area contributed by atoms with Crippen molar-refractivity contribution in [3.8, 4) is 0 Å². The van der Waals surface area contributed by atoms with Gasteiger partial charge in [0.1, 0.15) is 5.76 Å². The third-order valence-corrected chi connectivity index (χ3v) is 5.18. The molecule has 0 aromatic heterocycles. The molecule has 2 aromatic carbocycles. The number of ether oxygens (including phenoxy) is 1. The van der Waals surface area contributed by atoms with Crippen LogP contribution in [0.25, 0.3) is 0 Å². The summed E-state index contributed by atoms with van der Waals surface area (Å²) >= 11 is 0. The molecule has 2 N–H and O–H groups in total. The standard InChI is InChI=1S/C22H18N2O5/c23-22-20(21(26)13-6-2-1-3-7-13)18(14-8-4-9-15(12-14)24(27)28)19-16(25)10-5-11-17(19)29-22/h1-4,6-9,12,18H,5,10-11,23H2/t18-/m0/s1. The fourth-order valence-electron chi connectivity index (χ4n) is 3.88. The zero-order valence-corrected chi connectivity index (χ0v) is 15.5. The third-order valence-electron chi connectivity index (χ3n) is 5.18. The summed E-state index contributed by atoms with van der Waals surface area (Å²) < 4.78 is 5.71. The van der Waals surface area contributed by atoms with Gasteiger partial charge < -0.3 is 10.5 Å². The van der Waals surface area contributed by atoms with E-state index in [1.54, 1.807) is 36.4 Å². The lowest BCUT2D eigenvalue weighted by molar-refractivity contribution is -0.384. The van der Waals surface area contributed by atoms with E-state index in [0.717, 1.165) is 0 Å². The molecule has 1 aliphatic heterocycles. The summed E-state index contributed by atoms with van der Waals surface area (Å²) in [7, 11) is 0. The Morgan fingerprint density at radius 3 is 2.59 bits per heavy atom. The molecule has 0 unspecified atom stereocenters. The lowest BCUT2D eigenvalue weighted by Gasteiger charge is -2.32. The van der Waals surface area contributed by atoms with Crippen molar-refractivity contribution in [3.05, 3.63) is 98.6 Å². The molecule has 7 heteroatoms. The molecule has 2 aliphatic rings. The van der Waals surface area contributed by atoms with Crippen LogP contribution in [0.1, 0.15) is 41.1 Å². The van der Waals surface area contributed by atoms with Gasteiger partial charge in [-0.3, -0.25) is 19.7 Å².